The lowest BCUT2D eigenvalue weighted by Crippen LogP contribution is -2.01. The largest absolute Gasteiger partial charge is 0.508 e. The van der Waals surface area contributed by atoms with Gasteiger partial charge in [-0.2, -0.15) is 0 Å². The first-order valence-electron chi connectivity index (χ1n) is 5.67. The summed E-state index contributed by atoms with van der Waals surface area (Å²) in [6.45, 7) is 2.02. The normalized spacial score (nSPS) is 11.4. The van der Waals surface area contributed by atoms with Gasteiger partial charge in [-0.3, -0.25) is 0 Å². The predicted octanol–water partition coefficient (Wildman–Crippen LogP) is 2.79. The fourth-order valence-corrected chi connectivity index (χ4v) is 2.93. The van der Waals surface area contributed by atoms with Crippen molar-refractivity contribution in [3.05, 3.63) is 54.1 Å². The minimum atomic E-state index is -3.49. The number of phenols is 1. The number of hydrogen-bond donors (Lipinski definition) is 1. The van der Waals surface area contributed by atoms with Crippen molar-refractivity contribution in [2.45, 2.75) is 23.1 Å². The van der Waals surface area contributed by atoms with Crippen LogP contribution in [0.1, 0.15) is 12.5 Å². The van der Waals surface area contributed by atoms with E-state index < -0.39 is 9.84 Å². The Kier molecular flexibility index (Phi) is 3.39. The maximum absolute atomic E-state index is 12.3. The van der Waals surface area contributed by atoms with Gasteiger partial charge in [0.25, 0.3) is 0 Å². The van der Waals surface area contributed by atoms with Crippen molar-refractivity contribution in [2.75, 3.05) is 0 Å². The molecule has 0 aliphatic heterocycles. The van der Waals surface area contributed by atoms with Crippen LogP contribution in [0.3, 0.4) is 0 Å². The zero-order valence-corrected chi connectivity index (χ0v) is 10.8. The lowest BCUT2D eigenvalue weighted by Gasteiger charge is -2.05. The first kappa shape index (κ1) is 12.6. The molecule has 0 unspecified atom stereocenters. The van der Waals surface area contributed by atoms with Gasteiger partial charge in [0.15, 0.2) is 0 Å². The van der Waals surface area contributed by atoms with Crippen LogP contribution in [0.5, 0.6) is 5.75 Å². The Balaban J connectivity index is 2.44. The molecule has 0 fully saturated rings. The van der Waals surface area contributed by atoms with E-state index in [0.717, 1.165) is 12.0 Å². The summed E-state index contributed by atoms with van der Waals surface area (Å²) in [5.41, 5.74) is 1.10. The summed E-state index contributed by atoms with van der Waals surface area (Å²) in [5, 5.41) is 9.17. The van der Waals surface area contributed by atoms with E-state index in [1.54, 1.807) is 12.1 Å². The SMILES string of the molecule is CCc1ccc(S(=O)(=O)c2ccc(O)cc2)cc1. The Hall–Kier alpha value is -1.81. The topological polar surface area (TPSA) is 54.4 Å². The average Bonchev–Trinajstić information content (AvgIpc) is 2.39. The quantitative estimate of drug-likeness (QED) is 0.925. The zero-order chi connectivity index (χ0) is 13.2. The maximum atomic E-state index is 12.3. The van der Waals surface area contributed by atoms with Crippen molar-refractivity contribution >= 4 is 9.84 Å². The molecule has 2 aromatic carbocycles. The van der Waals surface area contributed by atoms with Gasteiger partial charge in [-0.15, -0.1) is 0 Å². The predicted molar refractivity (Wildman–Crippen MR) is 69.4 cm³/mol. The van der Waals surface area contributed by atoms with Gasteiger partial charge >= 0.3 is 0 Å². The van der Waals surface area contributed by atoms with E-state index >= 15 is 0 Å². The van der Waals surface area contributed by atoms with Crippen LogP contribution < -0.4 is 0 Å². The average molecular weight is 262 g/mol. The number of sulfone groups is 1. The molecule has 0 aliphatic rings. The van der Waals surface area contributed by atoms with Crippen LogP contribution in [0.2, 0.25) is 0 Å². The van der Waals surface area contributed by atoms with Gasteiger partial charge in [-0.05, 0) is 48.4 Å². The molecule has 2 aromatic rings. The molecule has 0 saturated carbocycles. The van der Waals surface area contributed by atoms with E-state index in [0.29, 0.717) is 0 Å². The van der Waals surface area contributed by atoms with Gasteiger partial charge in [0.05, 0.1) is 9.79 Å². The molecule has 0 bridgehead atoms. The molecule has 0 atom stereocenters. The summed E-state index contributed by atoms with van der Waals surface area (Å²) >= 11 is 0. The van der Waals surface area contributed by atoms with E-state index in [-0.39, 0.29) is 15.5 Å². The third-order valence-corrected chi connectivity index (χ3v) is 4.57. The van der Waals surface area contributed by atoms with Crippen molar-refractivity contribution in [3.63, 3.8) is 0 Å². The second-order valence-corrected chi connectivity index (χ2v) is 5.94. The summed E-state index contributed by atoms with van der Waals surface area (Å²) < 4.78 is 24.5. The minimum absolute atomic E-state index is 0.0512. The molecule has 0 radical (unpaired) electrons. The van der Waals surface area contributed by atoms with Crippen molar-refractivity contribution in [2.24, 2.45) is 0 Å². The third-order valence-electron chi connectivity index (χ3n) is 2.79. The molecule has 0 saturated heterocycles. The fraction of sp³-hybridized carbons (Fsp3) is 0.143. The maximum Gasteiger partial charge on any atom is 0.206 e. The molecule has 0 amide bonds. The molecule has 18 heavy (non-hydrogen) atoms. The molecule has 2 rings (SSSR count). The van der Waals surface area contributed by atoms with Gasteiger partial charge in [0.1, 0.15) is 5.75 Å². The second kappa shape index (κ2) is 4.82. The number of phenolic OH excluding ortho intramolecular Hbond substituents is 1. The smallest absolute Gasteiger partial charge is 0.206 e. The third kappa shape index (κ3) is 2.38. The zero-order valence-electron chi connectivity index (χ0n) is 10.00. The molecule has 4 heteroatoms. The summed E-state index contributed by atoms with van der Waals surface area (Å²) in [7, 11) is -3.49. The molecule has 0 aliphatic carbocycles. The Morgan fingerprint density at radius 1 is 0.889 bits per heavy atom. The highest BCUT2D eigenvalue weighted by Gasteiger charge is 2.16. The number of aromatic hydroxyl groups is 1. The van der Waals surface area contributed by atoms with Crippen LogP contribution >= 0.6 is 0 Å². The van der Waals surface area contributed by atoms with Crippen molar-refractivity contribution in [1.29, 1.82) is 0 Å². The fourth-order valence-electron chi connectivity index (χ4n) is 1.67. The Bertz CT molecular complexity index is 626. The summed E-state index contributed by atoms with van der Waals surface area (Å²) in [6.07, 6.45) is 0.875. The van der Waals surface area contributed by atoms with Gasteiger partial charge in [-0.1, -0.05) is 19.1 Å². The molecule has 1 N–H and O–H groups in total. The molecule has 94 valence electrons. The molecule has 0 heterocycles. The van der Waals surface area contributed by atoms with Gasteiger partial charge < -0.3 is 5.11 Å². The highest BCUT2D eigenvalue weighted by molar-refractivity contribution is 7.91. The van der Waals surface area contributed by atoms with E-state index in [2.05, 4.69) is 0 Å². The minimum Gasteiger partial charge on any atom is -0.508 e. The highest BCUT2D eigenvalue weighted by Crippen LogP contribution is 2.22. The Labute approximate surface area is 107 Å². The Morgan fingerprint density at radius 3 is 1.78 bits per heavy atom. The van der Waals surface area contributed by atoms with Crippen LogP contribution in [0.25, 0.3) is 0 Å². The Morgan fingerprint density at radius 2 is 1.33 bits per heavy atom. The van der Waals surface area contributed by atoms with Gasteiger partial charge in [0, 0.05) is 0 Å². The summed E-state index contributed by atoms with van der Waals surface area (Å²) in [5.74, 6) is 0.0512. The number of rotatable bonds is 3. The standard InChI is InChI=1S/C14H14O3S/c1-2-11-3-7-13(8-4-11)18(16,17)14-9-5-12(15)6-10-14/h3-10,15H,2H2,1H3. The molecular formula is C14H14O3S. The highest BCUT2D eigenvalue weighted by atomic mass is 32.2. The van der Waals surface area contributed by atoms with Crippen molar-refractivity contribution in [3.8, 4) is 5.75 Å². The van der Waals surface area contributed by atoms with Crippen LogP contribution in [0.15, 0.2) is 58.3 Å². The van der Waals surface area contributed by atoms with Crippen LogP contribution in [0.4, 0.5) is 0 Å². The first-order valence-corrected chi connectivity index (χ1v) is 7.15. The van der Waals surface area contributed by atoms with E-state index in [9.17, 15) is 8.42 Å². The van der Waals surface area contributed by atoms with E-state index in [1.165, 1.54) is 24.3 Å². The number of hydrogen-bond acceptors (Lipinski definition) is 3. The van der Waals surface area contributed by atoms with E-state index in [4.69, 9.17) is 5.11 Å². The second-order valence-electron chi connectivity index (χ2n) is 3.99. The van der Waals surface area contributed by atoms with Crippen LogP contribution in [0, 0.1) is 0 Å². The molecule has 0 spiro atoms. The number of benzene rings is 2. The monoisotopic (exact) mass is 262 g/mol. The lowest BCUT2D eigenvalue weighted by atomic mass is 10.2. The van der Waals surface area contributed by atoms with Crippen molar-refractivity contribution in [1.82, 2.24) is 0 Å². The molecule has 3 nitrogen and oxygen atoms in total. The molecular weight excluding hydrogens is 248 g/mol. The first-order chi connectivity index (χ1) is 8.54. The van der Waals surface area contributed by atoms with Gasteiger partial charge in [0.2, 0.25) is 9.84 Å². The summed E-state index contributed by atoms with van der Waals surface area (Å²) in [4.78, 5) is 0.454. The lowest BCUT2D eigenvalue weighted by molar-refractivity contribution is 0.475. The van der Waals surface area contributed by atoms with E-state index in [1.807, 2.05) is 19.1 Å². The molecule has 0 aromatic heterocycles. The number of aryl methyl sites for hydroxylation is 1. The van der Waals surface area contributed by atoms with Crippen LogP contribution in [-0.2, 0) is 16.3 Å². The summed E-state index contributed by atoms with van der Waals surface area (Å²) in [6, 6.07) is 12.4. The van der Waals surface area contributed by atoms with Crippen molar-refractivity contribution < 1.29 is 13.5 Å². The van der Waals surface area contributed by atoms with Gasteiger partial charge in [-0.25, -0.2) is 8.42 Å². The van der Waals surface area contributed by atoms with Crippen LogP contribution in [-0.4, -0.2) is 13.5 Å².